The number of hydrogen-bond acceptors (Lipinski definition) is 5. The number of carbonyl (C=O) groups excluding carboxylic acids is 3. The van der Waals surface area contributed by atoms with Crippen LogP contribution in [0.15, 0.2) is 73.8 Å². The second kappa shape index (κ2) is 12.5. The second-order valence-electron chi connectivity index (χ2n) is 12.0. The first-order chi connectivity index (χ1) is 20.6. The average molecular weight is 622 g/mol. The number of halogens is 1. The van der Waals surface area contributed by atoms with E-state index >= 15 is 0 Å². The number of carbonyl (C=O) groups is 3. The summed E-state index contributed by atoms with van der Waals surface area (Å²) in [6, 6.07) is 14.5. The number of likely N-dealkylation sites (tertiary alicyclic amines) is 1. The molecule has 3 aliphatic heterocycles. The summed E-state index contributed by atoms with van der Waals surface area (Å²) in [5, 5.41) is 10.2. The molecular formula is C34H40ClN3O4S. The number of thioether (sulfide) groups is 1. The summed E-state index contributed by atoms with van der Waals surface area (Å²) in [7, 11) is 0. The molecule has 2 unspecified atom stereocenters. The van der Waals surface area contributed by atoms with Crippen molar-refractivity contribution >= 4 is 46.8 Å². The molecule has 2 aromatic rings. The number of nitrogens with zero attached hydrogens (tertiary/aromatic N) is 3. The summed E-state index contributed by atoms with van der Waals surface area (Å²) >= 11 is 8.30. The Balaban J connectivity index is 1.57. The van der Waals surface area contributed by atoms with Gasteiger partial charge >= 0.3 is 0 Å². The van der Waals surface area contributed by atoms with Crippen LogP contribution < -0.4 is 4.90 Å². The molecule has 0 saturated carbocycles. The zero-order chi connectivity index (χ0) is 30.9. The van der Waals surface area contributed by atoms with Crippen LogP contribution in [-0.4, -0.2) is 74.4 Å². The summed E-state index contributed by atoms with van der Waals surface area (Å²) in [4.78, 5) is 48.8. The standard InChI is InChI=1S/C34H40ClN3O4S/c1-5-18-36(22-24-13-8-7-9-14-24)30(40)26-27-31(41)38(20-11-21-39)29(34(27)17-16-33(26,4)43-34)32(42)37(19-6-2)28-23(3)12-10-15-25(28)35/h5-10,12-15,26-27,29,39H,1-2,11,16-22H2,3-4H3/t26-,27-,29?,33+,34?/m0/s1. The molecule has 1 spiro atoms. The molecule has 0 radical (unpaired) electrons. The number of hydrogen-bond donors (Lipinski definition) is 1. The molecule has 5 atom stereocenters. The lowest BCUT2D eigenvalue weighted by Gasteiger charge is -2.38. The van der Waals surface area contributed by atoms with E-state index in [2.05, 4.69) is 20.1 Å². The molecule has 2 aromatic carbocycles. The van der Waals surface area contributed by atoms with Gasteiger partial charge < -0.3 is 19.8 Å². The minimum atomic E-state index is -0.807. The SMILES string of the molecule is C=CCN(Cc1ccccc1)C(=O)[C@@H]1[C@H]2C(=O)N(CCCO)C(C(=O)N(CC=C)c3c(C)cccc3Cl)C23CC[C@@]1(C)S3. The monoisotopic (exact) mass is 621 g/mol. The van der Waals surface area contributed by atoms with E-state index in [-0.39, 0.29) is 37.4 Å². The van der Waals surface area contributed by atoms with Crippen LogP contribution in [0.4, 0.5) is 5.69 Å². The summed E-state index contributed by atoms with van der Waals surface area (Å²) in [6.07, 6.45) is 5.07. The predicted molar refractivity (Wildman–Crippen MR) is 173 cm³/mol. The Labute approximate surface area is 263 Å². The Bertz CT molecular complexity index is 1400. The molecule has 0 aliphatic carbocycles. The van der Waals surface area contributed by atoms with Crippen LogP contribution >= 0.6 is 23.4 Å². The normalized spacial score (nSPS) is 27.2. The summed E-state index contributed by atoms with van der Waals surface area (Å²) in [5.74, 6) is -1.75. The minimum Gasteiger partial charge on any atom is -0.396 e. The van der Waals surface area contributed by atoms with Crippen LogP contribution in [0.2, 0.25) is 5.02 Å². The van der Waals surface area contributed by atoms with Crippen LogP contribution in [0, 0.1) is 18.8 Å². The van der Waals surface area contributed by atoms with Gasteiger partial charge in [-0.2, -0.15) is 0 Å². The van der Waals surface area contributed by atoms with Crippen LogP contribution in [0.5, 0.6) is 0 Å². The van der Waals surface area contributed by atoms with Gasteiger partial charge in [-0.1, -0.05) is 66.2 Å². The third-order valence-electron chi connectivity index (χ3n) is 9.25. The molecule has 228 valence electrons. The van der Waals surface area contributed by atoms with E-state index in [9.17, 15) is 19.5 Å². The number of rotatable bonds is 12. The minimum absolute atomic E-state index is 0.0845. The van der Waals surface area contributed by atoms with Gasteiger partial charge in [-0.25, -0.2) is 0 Å². The highest BCUT2D eigenvalue weighted by Gasteiger charge is 2.77. The maximum absolute atomic E-state index is 14.8. The third-order valence-corrected chi connectivity index (χ3v) is 11.5. The van der Waals surface area contributed by atoms with E-state index in [1.165, 1.54) is 0 Å². The first-order valence-corrected chi connectivity index (χ1v) is 16.1. The fourth-order valence-corrected chi connectivity index (χ4v) is 10.2. The zero-order valence-electron chi connectivity index (χ0n) is 24.9. The number of amides is 3. The van der Waals surface area contributed by atoms with Crippen molar-refractivity contribution in [1.82, 2.24) is 9.80 Å². The maximum Gasteiger partial charge on any atom is 0.251 e. The Morgan fingerprint density at radius 1 is 1.09 bits per heavy atom. The topological polar surface area (TPSA) is 81.2 Å². The maximum atomic E-state index is 14.8. The molecule has 5 rings (SSSR count). The van der Waals surface area contributed by atoms with E-state index in [0.717, 1.165) is 17.5 Å². The van der Waals surface area contributed by atoms with Gasteiger partial charge in [0, 0.05) is 37.5 Å². The number of aliphatic hydroxyl groups excluding tert-OH is 1. The number of aliphatic hydroxyl groups is 1. The Kier molecular flexibility index (Phi) is 9.12. The summed E-state index contributed by atoms with van der Waals surface area (Å²) < 4.78 is -1.28. The van der Waals surface area contributed by atoms with Crippen molar-refractivity contribution in [3.63, 3.8) is 0 Å². The molecule has 0 aromatic heterocycles. The highest BCUT2D eigenvalue weighted by molar-refractivity contribution is 8.02. The highest BCUT2D eigenvalue weighted by atomic mass is 35.5. The quantitative estimate of drug-likeness (QED) is 0.328. The predicted octanol–water partition coefficient (Wildman–Crippen LogP) is 5.25. The fourth-order valence-electron chi connectivity index (χ4n) is 7.48. The molecule has 9 heteroatoms. The van der Waals surface area contributed by atoms with Gasteiger partial charge in [0.1, 0.15) is 6.04 Å². The Morgan fingerprint density at radius 3 is 2.47 bits per heavy atom. The van der Waals surface area contributed by atoms with E-state index in [1.807, 2.05) is 49.4 Å². The van der Waals surface area contributed by atoms with Gasteiger partial charge in [0.2, 0.25) is 11.8 Å². The van der Waals surface area contributed by atoms with Crippen LogP contribution in [0.3, 0.4) is 0 Å². The molecular weight excluding hydrogens is 582 g/mol. The van der Waals surface area contributed by atoms with Gasteiger partial charge in [0.25, 0.3) is 5.91 Å². The number of benzene rings is 2. The largest absolute Gasteiger partial charge is 0.396 e. The number of para-hydroxylation sites is 1. The van der Waals surface area contributed by atoms with E-state index in [4.69, 9.17) is 11.6 Å². The number of anilines is 1. The molecule has 3 heterocycles. The van der Waals surface area contributed by atoms with Crippen molar-refractivity contribution in [3.05, 3.63) is 90.0 Å². The third kappa shape index (κ3) is 5.32. The average Bonchev–Trinajstić information content (AvgIpc) is 3.55. The van der Waals surface area contributed by atoms with Crippen molar-refractivity contribution in [3.8, 4) is 0 Å². The van der Waals surface area contributed by atoms with Crippen LogP contribution in [0.25, 0.3) is 0 Å². The van der Waals surface area contributed by atoms with Gasteiger partial charge in [0.15, 0.2) is 0 Å². The lowest BCUT2D eigenvalue weighted by Crippen LogP contribution is -2.55. The lowest BCUT2D eigenvalue weighted by atomic mass is 9.66. The molecule has 2 bridgehead atoms. The first kappa shape index (κ1) is 31.4. The van der Waals surface area contributed by atoms with Crippen molar-refractivity contribution in [2.75, 3.05) is 31.1 Å². The van der Waals surface area contributed by atoms with Crippen molar-refractivity contribution in [1.29, 1.82) is 0 Å². The molecule has 3 amide bonds. The smallest absolute Gasteiger partial charge is 0.251 e. The van der Waals surface area contributed by atoms with E-state index < -0.39 is 27.4 Å². The highest BCUT2D eigenvalue weighted by Crippen LogP contribution is 2.71. The molecule has 1 N–H and O–H groups in total. The number of fused-ring (bicyclic) bond motifs is 1. The van der Waals surface area contributed by atoms with E-state index in [0.29, 0.717) is 36.6 Å². The Hall–Kier alpha value is -3.07. The van der Waals surface area contributed by atoms with Crippen LogP contribution in [-0.2, 0) is 20.9 Å². The fraction of sp³-hybridized carbons (Fsp3) is 0.441. The molecule has 7 nitrogen and oxygen atoms in total. The van der Waals surface area contributed by atoms with Crippen molar-refractivity contribution in [2.45, 2.75) is 55.2 Å². The lowest BCUT2D eigenvalue weighted by molar-refractivity contribution is -0.145. The van der Waals surface area contributed by atoms with Gasteiger partial charge in [-0.15, -0.1) is 24.9 Å². The van der Waals surface area contributed by atoms with Crippen LogP contribution in [0.1, 0.15) is 37.3 Å². The Morgan fingerprint density at radius 2 is 1.81 bits per heavy atom. The summed E-state index contributed by atoms with van der Waals surface area (Å²) in [5.41, 5.74) is 2.44. The summed E-state index contributed by atoms with van der Waals surface area (Å²) in [6.45, 7) is 12.9. The van der Waals surface area contributed by atoms with Crippen molar-refractivity contribution in [2.24, 2.45) is 11.8 Å². The molecule has 3 fully saturated rings. The van der Waals surface area contributed by atoms with Gasteiger partial charge in [-0.05, 0) is 50.3 Å². The molecule has 43 heavy (non-hydrogen) atoms. The van der Waals surface area contributed by atoms with Gasteiger partial charge in [0.05, 0.1) is 27.3 Å². The van der Waals surface area contributed by atoms with Gasteiger partial charge in [-0.3, -0.25) is 14.4 Å². The number of aryl methyl sites for hydroxylation is 1. The first-order valence-electron chi connectivity index (χ1n) is 14.9. The van der Waals surface area contributed by atoms with Crippen molar-refractivity contribution < 1.29 is 19.5 Å². The second-order valence-corrected chi connectivity index (χ2v) is 14.3. The molecule has 3 aliphatic rings. The van der Waals surface area contributed by atoms with E-state index in [1.54, 1.807) is 44.7 Å². The molecule has 3 saturated heterocycles. The zero-order valence-corrected chi connectivity index (χ0v) is 26.4.